The molecule has 1 aliphatic heterocycles. The van der Waals surface area contributed by atoms with Crippen LogP contribution in [0.15, 0.2) is 0 Å². The molecule has 178 valence electrons. The lowest BCUT2D eigenvalue weighted by atomic mass is 10.1. The molecule has 0 aromatic rings. The van der Waals surface area contributed by atoms with Crippen LogP contribution < -0.4 is 0 Å². The average molecular weight is 500 g/mol. The molecular weight excluding hydrogens is 483 g/mol. The van der Waals surface area contributed by atoms with Gasteiger partial charge in [-0.2, -0.15) is 47.9 Å². The lowest BCUT2D eigenvalue weighted by Crippen LogP contribution is -2.63. The van der Waals surface area contributed by atoms with Crippen LogP contribution in [0.25, 0.3) is 0 Å². The lowest BCUT2D eigenvalue weighted by molar-refractivity contribution is -0.382. The van der Waals surface area contributed by atoms with Crippen LogP contribution in [0.5, 0.6) is 0 Å². The van der Waals surface area contributed by atoms with Crippen molar-refractivity contribution in [3.63, 3.8) is 0 Å². The Morgan fingerprint density at radius 3 is 1.83 bits per heavy atom. The summed E-state index contributed by atoms with van der Waals surface area (Å²) in [6, 6.07) is 0. The summed E-state index contributed by atoms with van der Waals surface area (Å²) in [6.45, 7) is 1.52. The lowest BCUT2D eigenvalue weighted by Gasteiger charge is -2.42. The number of Topliss-reactive ketones (excluding diaryl/α,β-unsaturated/α-hetero) is 2. The molecule has 0 aromatic carbocycles. The van der Waals surface area contributed by atoms with Gasteiger partial charge in [-0.1, -0.05) is 6.92 Å². The van der Waals surface area contributed by atoms with Crippen molar-refractivity contribution >= 4 is 32.0 Å². The van der Waals surface area contributed by atoms with Crippen LogP contribution in [0, 0.1) is 0 Å². The predicted molar refractivity (Wildman–Crippen MR) is 87.2 cm³/mol. The van der Waals surface area contributed by atoms with Crippen LogP contribution >= 0.6 is 10.3 Å². The Morgan fingerprint density at radius 2 is 1.43 bits per heavy atom. The van der Waals surface area contributed by atoms with E-state index >= 15 is 0 Å². The van der Waals surface area contributed by atoms with E-state index < -0.39 is 85.4 Å². The zero-order valence-corrected chi connectivity index (χ0v) is 16.8. The quantitative estimate of drug-likeness (QED) is 0.444. The van der Waals surface area contributed by atoms with Gasteiger partial charge in [0.05, 0.1) is 5.75 Å². The average Bonchev–Trinajstić information content (AvgIpc) is 2.56. The Hall–Kier alpha value is -1.03. The summed E-state index contributed by atoms with van der Waals surface area (Å²) < 4.78 is 145. The van der Waals surface area contributed by atoms with E-state index in [0.717, 1.165) is 0 Å². The second-order valence-corrected chi connectivity index (χ2v) is 11.5. The fourth-order valence-corrected chi connectivity index (χ4v) is 7.92. The van der Waals surface area contributed by atoms with Gasteiger partial charge < -0.3 is 0 Å². The van der Waals surface area contributed by atoms with Crippen LogP contribution in [-0.2, 0) is 23.3 Å². The number of carbonyl (C=O) groups excluding carboxylic acids is 2. The van der Waals surface area contributed by atoms with Crippen LogP contribution in [0.4, 0.5) is 39.5 Å². The van der Waals surface area contributed by atoms with Crippen molar-refractivity contribution in [1.82, 2.24) is 0 Å². The van der Waals surface area contributed by atoms with Crippen molar-refractivity contribution in [3.8, 4) is 0 Å². The van der Waals surface area contributed by atoms with Crippen LogP contribution in [0.2, 0.25) is 0 Å². The molecule has 0 bridgehead atoms. The van der Waals surface area contributed by atoms with E-state index in [2.05, 4.69) is 3.63 Å². The van der Waals surface area contributed by atoms with E-state index in [1.54, 1.807) is 0 Å². The standard InChI is InChI=1S/C14H17F9O5S2/c1-2-3-10(25)8-29(6-4-9(24)5-7-29)28-30(26,27)14(22,23)12(17,18)11(15,16)13(19,20)21/h2-8H2,1H3. The highest BCUT2D eigenvalue weighted by Gasteiger charge is 2.86. The summed E-state index contributed by atoms with van der Waals surface area (Å²) in [5.41, 5.74) is 0. The summed E-state index contributed by atoms with van der Waals surface area (Å²) in [5, 5.41) is -6.99. The smallest absolute Gasteiger partial charge is 0.300 e. The largest absolute Gasteiger partial charge is 0.460 e. The first-order valence-electron chi connectivity index (χ1n) is 8.22. The monoisotopic (exact) mass is 500 g/mol. The SMILES string of the molecule is CCCC(=O)CS1(OS(=O)(=O)C(F)(F)C(F)(F)C(F)(F)C(F)(F)F)CCC(=O)CC1. The molecule has 0 amide bonds. The van der Waals surface area contributed by atoms with Gasteiger partial charge in [0.1, 0.15) is 11.6 Å². The van der Waals surface area contributed by atoms with Gasteiger partial charge in [-0.25, -0.2) is 3.63 Å². The second kappa shape index (κ2) is 8.48. The molecule has 1 aliphatic rings. The van der Waals surface area contributed by atoms with Crippen molar-refractivity contribution in [2.24, 2.45) is 0 Å². The Morgan fingerprint density at radius 1 is 0.967 bits per heavy atom. The topological polar surface area (TPSA) is 77.5 Å². The molecule has 0 radical (unpaired) electrons. The molecule has 0 aromatic heterocycles. The first kappa shape index (κ1) is 27.0. The zero-order chi connectivity index (χ0) is 23.8. The van der Waals surface area contributed by atoms with Gasteiger partial charge in [-0.05, 0) is 6.42 Å². The summed E-state index contributed by atoms with van der Waals surface area (Å²) >= 11 is 0. The minimum atomic E-state index is -7.42. The fourth-order valence-electron chi connectivity index (χ4n) is 2.46. The van der Waals surface area contributed by atoms with E-state index in [9.17, 15) is 57.5 Å². The molecule has 1 rings (SSSR count). The van der Waals surface area contributed by atoms with Gasteiger partial charge >= 0.3 is 33.4 Å². The molecule has 16 heteroatoms. The highest BCUT2D eigenvalue weighted by atomic mass is 32.3. The summed E-state index contributed by atoms with van der Waals surface area (Å²) in [4.78, 5) is 23.2. The molecule has 0 saturated carbocycles. The van der Waals surface area contributed by atoms with Gasteiger partial charge in [-0.3, -0.25) is 9.59 Å². The Bertz CT molecular complexity index is 767. The molecule has 0 N–H and O–H groups in total. The molecule has 30 heavy (non-hydrogen) atoms. The zero-order valence-electron chi connectivity index (χ0n) is 15.2. The van der Waals surface area contributed by atoms with Gasteiger partial charge in [0, 0.05) is 30.8 Å². The third-order valence-corrected chi connectivity index (χ3v) is 9.62. The number of carbonyl (C=O) groups is 2. The van der Waals surface area contributed by atoms with E-state index in [1.807, 2.05) is 0 Å². The van der Waals surface area contributed by atoms with Crippen molar-refractivity contribution < 1.29 is 61.1 Å². The second-order valence-electron chi connectivity index (χ2n) is 6.53. The molecule has 5 nitrogen and oxygen atoms in total. The number of alkyl halides is 9. The van der Waals surface area contributed by atoms with Gasteiger partial charge in [-0.15, -0.1) is 10.3 Å². The van der Waals surface area contributed by atoms with E-state index in [0.29, 0.717) is 0 Å². The number of hydrogen-bond acceptors (Lipinski definition) is 5. The summed E-state index contributed by atoms with van der Waals surface area (Å²) in [7, 11) is -10.6. The van der Waals surface area contributed by atoms with E-state index in [4.69, 9.17) is 0 Å². The predicted octanol–water partition coefficient (Wildman–Crippen LogP) is 4.21. The minimum absolute atomic E-state index is 0.190. The summed E-state index contributed by atoms with van der Waals surface area (Å²) in [5.74, 6) is -18.2. The normalized spacial score (nSPS) is 20.1. The van der Waals surface area contributed by atoms with Gasteiger partial charge in [0.15, 0.2) is 0 Å². The molecular formula is C14H17F9O5S2. The maximum atomic E-state index is 13.9. The third kappa shape index (κ3) is 4.89. The van der Waals surface area contributed by atoms with Crippen molar-refractivity contribution in [1.29, 1.82) is 0 Å². The van der Waals surface area contributed by atoms with Gasteiger partial charge in [0.25, 0.3) is 0 Å². The highest BCUT2D eigenvalue weighted by molar-refractivity contribution is 8.33. The molecule has 1 heterocycles. The number of rotatable bonds is 9. The van der Waals surface area contributed by atoms with Crippen molar-refractivity contribution in [3.05, 3.63) is 0 Å². The van der Waals surface area contributed by atoms with Crippen LogP contribution in [0.1, 0.15) is 32.6 Å². The third-order valence-electron chi connectivity index (χ3n) is 4.12. The Kier molecular flexibility index (Phi) is 7.64. The van der Waals surface area contributed by atoms with Crippen LogP contribution in [0.3, 0.4) is 0 Å². The molecule has 0 unspecified atom stereocenters. The molecule has 1 fully saturated rings. The first-order valence-corrected chi connectivity index (χ1v) is 11.7. The van der Waals surface area contributed by atoms with E-state index in [-0.39, 0.29) is 12.8 Å². The van der Waals surface area contributed by atoms with Crippen molar-refractivity contribution in [2.45, 2.75) is 55.9 Å². The highest BCUT2D eigenvalue weighted by Crippen LogP contribution is 2.60. The first-order chi connectivity index (χ1) is 13.3. The van der Waals surface area contributed by atoms with E-state index in [1.165, 1.54) is 6.92 Å². The molecule has 0 spiro atoms. The minimum Gasteiger partial charge on any atom is -0.300 e. The number of ketones is 2. The Balaban J connectivity index is 3.37. The van der Waals surface area contributed by atoms with Crippen LogP contribution in [-0.4, -0.2) is 60.5 Å². The van der Waals surface area contributed by atoms with Gasteiger partial charge in [0.2, 0.25) is 0 Å². The fraction of sp³-hybridized carbons (Fsp3) is 0.857. The number of hydrogen-bond donors (Lipinski definition) is 0. The number of halogens is 9. The molecule has 0 atom stereocenters. The maximum absolute atomic E-state index is 13.9. The molecule has 0 aliphatic carbocycles. The van der Waals surface area contributed by atoms with Crippen molar-refractivity contribution in [2.75, 3.05) is 17.3 Å². The maximum Gasteiger partial charge on any atom is 0.460 e. The summed E-state index contributed by atoms with van der Waals surface area (Å²) in [6.07, 6.45) is -8.10. The molecule has 1 saturated heterocycles. The Labute approximate surface area is 167 Å².